The van der Waals surface area contributed by atoms with Gasteiger partial charge in [-0.2, -0.15) is 0 Å². The van der Waals surface area contributed by atoms with Crippen LogP contribution in [0.3, 0.4) is 0 Å². The molecule has 5 nitrogen and oxygen atoms in total. The highest BCUT2D eigenvalue weighted by Crippen LogP contribution is 2.22. The first kappa shape index (κ1) is 12.4. The number of hydrogen-bond donors (Lipinski definition) is 1. The van der Waals surface area contributed by atoms with E-state index in [9.17, 15) is 14.7 Å². The zero-order valence-corrected chi connectivity index (χ0v) is 10.3. The lowest BCUT2D eigenvalue weighted by Crippen LogP contribution is -2.60. The molecule has 2 aliphatic heterocycles. The topological polar surface area (TPSA) is 60.9 Å². The number of aliphatic hydroxyl groups is 1. The smallest absolute Gasteiger partial charge is 0.245 e. The molecule has 96 valence electrons. The van der Waals surface area contributed by atoms with Gasteiger partial charge in [0, 0.05) is 26.1 Å². The second-order valence-corrected chi connectivity index (χ2v) is 4.85. The van der Waals surface area contributed by atoms with Crippen molar-refractivity contribution in [2.24, 2.45) is 0 Å². The number of β-amino-alcohol motifs (C(OH)–C–C–N with tert-alkyl or cyclic N) is 1. The van der Waals surface area contributed by atoms with Crippen LogP contribution in [0.25, 0.3) is 0 Å². The van der Waals surface area contributed by atoms with Crippen LogP contribution in [0.5, 0.6) is 0 Å². The highest BCUT2D eigenvalue weighted by molar-refractivity contribution is 5.88. The first-order valence-electron chi connectivity index (χ1n) is 6.39. The molecule has 0 aromatic carbocycles. The van der Waals surface area contributed by atoms with Gasteiger partial charge in [-0.25, -0.2) is 0 Å². The third-order valence-corrected chi connectivity index (χ3v) is 3.58. The molecule has 2 saturated heterocycles. The SMILES string of the molecule is CCC(=O)N1CCCCC1C(=O)N1CC(O)C1. The average Bonchev–Trinajstić information content (AvgIpc) is 2.33. The Morgan fingerprint density at radius 3 is 2.59 bits per heavy atom. The number of rotatable bonds is 2. The van der Waals surface area contributed by atoms with Gasteiger partial charge >= 0.3 is 0 Å². The zero-order chi connectivity index (χ0) is 12.4. The molecule has 2 heterocycles. The molecule has 2 amide bonds. The van der Waals surface area contributed by atoms with Crippen molar-refractivity contribution in [3.8, 4) is 0 Å². The minimum absolute atomic E-state index is 0.0109. The molecule has 1 unspecified atom stereocenters. The molecule has 17 heavy (non-hydrogen) atoms. The van der Waals surface area contributed by atoms with Gasteiger partial charge in [0.05, 0.1) is 6.10 Å². The molecule has 2 aliphatic rings. The number of amides is 2. The summed E-state index contributed by atoms with van der Waals surface area (Å²) in [5.41, 5.74) is 0. The lowest BCUT2D eigenvalue weighted by atomic mass is 9.98. The van der Waals surface area contributed by atoms with Crippen LogP contribution in [0.1, 0.15) is 32.6 Å². The number of carbonyl (C=O) groups is 2. The van der Waals surface area contributed by atoms with Crippen molar-refractivity contribution in [3.05, 3.63) is 0 Å². The van der Waals surface area contributed by atoms with Crippen LogP contribution < -0.4 is 0 Å². The third-order valence-electron chi connectivity index (χ3n) is 3.58. The summed E-state index contributed by atoms with van der Waals surface area (Å²) in [7, 11) is 0. The molecule has 0 aliphatic carbocycles. The molecule has 0 bridgehead atoms. The van der Waals surface area contributed by atoms with Crippen LogP contribution in [-0.4, -0.2) is 58.5 Å². The number of nitrogens with zero attached hydrogens (tertiary/aromatic N) is 2. The molecule has 0 spiro atoms. The second kappa shape index (κ2) is 5.04. The molecule has 0 saturated carbocycles. The molecule has 0 radical (unpaired) electrons. The molecule has 0 aromatic heterocycles. The van der Waals surface area contributed by atoms with Crippen LogP contribution in [0, 0.1) is 0 Å². The van der Waals surface area contributed by atoms with E-state index in [1.54, 1.807) is 9.80 Å². The van der Waals surface area contributed by atoms with Crippen molar-refractivity contribution in [2.45, 2.75) is 44.8 Å². The summed E-state index contributed by atoms with van der Waals surface area (Å²) in [5, 5.41) is 9.21. The maximum Gasteiger partial charge on any atom is 0.245 e. The van der Waals surface area contributed by atoms with Crippen molar-refractivity contribution >= 4 is 11.8 Å². The molecule has 0 aromatic rings. The summed E-state index contributed by atoms with van der Waals surface area (Å²) in [6.45, 7) is 3.36. The minimum atomic E-state index is -0.377. The summed E-state index contributed by atoms with van der Waals surface area (Å²) in [6.07, 6.45) is 2.82. The Kier molecular flexibility index (Phi) is 3.66. The Balaban J connectivity index is 2.00. The lowest BCUT2D eigenvalue weighted by molar-refractivity contribution is -0.154. The van der Waals surface area contributed by atoms with Gasteiger partial charge in [-0.05, 0) is 19.3 Å². The highest BCUT2D eigenvalue weighted by atomic mass is 16.3. The predicted octanol–water partition coefficient (Wildman–Crippen LogP) is -0.0194. The number of piperidine rings is 1. The van der Waals surface area contributed by atoms with E-state index in [0.29, 0.717) is 26.1 Å². The average molecular weight is 240 g/mol. The van der Waals surface area contributed by atoms with E-state index in [2.05, 4.69) is 0 Å². The Morgan fingerprint density at radius 2 is 2.00 bits per heavy atom. The van der Waals surface area contributed by atoms with Gasteiger partial charge in [-0.15, -0.1) is 0 Å². The van der Waals surface area contributed by atoms with E-state index < -0.39 is 0 Å². The standard InChI is InChI=1S/C12H20N2O3/c1-2-11(16)14-6-4-3-5-10(14)12(17)13-7-9(15)8-13/h9-10,15H,2-8H2,1H3. The van der Waals surface area contributed by atoms with E-state index in [0.717, 1.165) is 19.3 Å². The van der Waals surface area contributed by atoms with E-state index in [-0.39, 0.29) is 24.0 Å². The fraction of sp³-hybridized carbons (Fsp3) is 0.833. The minimum Gasteiger partial charge on any atom is -0.389 e. The summed E-state index contributed by atoms with van der Waals surface area (Å²) >= 11 is 0. The fourth-order valence-corrected chi connectivity index (χ4v) is 2.54. The van der Waals surface area contributed by atoms with E-state index in [1.807, 2.05) is 6.92 Å². The molecule has 2 rings (SSSR count). The number of likely N-dealkylation sites (tertiary alicyclic amines) is 2. The fourth-order valence-electron chi connectivity index (χ4n) is 2.54. The van der Waals surface area contributed by atoms with Gasteiger partial charge < -0.3 is 14.9 Å². The van der Waals surface area contributed by atoms with Crippen LogP contribution in [-0.2, 0) is 9.59 Å². The molecule has 2 fully saturated rings. The van der Waals surface area contributed by atoms with E-state index in [1.165, 1.54) is 0 Å². The van der Waals surface area contributed by atoms with Crippen LogP contribution in [0.15, 0.2) is 0 Å². The maximum absolute atomic E-state index is 12.2. The monoisotopic (exact) mass is 240 g/mol. The van der Waals surface area contributed by atoms with E-state index >= 15 is 0 Å². The van der Waals surface area contributed by atoms with Gasteiger partial charge in [0.2, 0.25) is 11.8 Å². The molecule has 5 heteroatoms. The molecular weight excluding hydrogens is 220 g/mol. The summed E-state index contributed by atoms with van der Waals surface area (Å²) in [4.78, 5) is 27.3. The summed E-state index contributed by atoms with van der Waals surface area (Å²) in [6, 6.07) is -0.288. The highest BCUT2D eigenvalue weighted by Gasteiger charge is 2.38. The Bertz CT molecular complexity index is 313. The molecule has 1 atom stereocenters. The lowest BCUT2D eigenvalue weighted by Gasteiger charge is -2.42. The quantitative estimate of drug-likeness (QED) is 0.738. The van der Waals surface area contributed by atoms with Gasteiger partial charge in [0.25, 0.3) is 0 Å². The van der Waals surface area contributed by atoms with Crippen LogP contribution in [0.4, 0.5) is 0 Å². The maximum atomic E-state index is 12.2. The second-order valence-electron chi connectivity index (χ2n) is 4.85. The number of carbonyl (C=O) groups excluding carboxylic acids is 2. The largest absolute Gasteiger partial charge is 0.389 e. The third kappa shape index (κ3) is 2.44. The zero-order valence-electron chi connectivity index (χ0n) is 10.3. The summed E-state index contributed by atoms with van der Waals surface area (Å²) < 4.78 is 0. The van der Waals surface area contributed by atoms with Crippen molar-refractivity contribution in [1.82, 2.24) is 9.80 Å². The first-order chi connectivity index (χ1) is 8.13. The van der Waals surface area contributed by atoms with Crippen molar-refractivity contribution < 1.29 is 14.7 Å². The predicted molar refractivity (Wildman–Crippen MR) is 62.2 cm³/mol. The van der Waals surface area contributed by atoms with Crippen molar-refractivity contribution in [3.63, 3.8) is 0 Å². The molecule has 1 N–H and O–H groups in total. The Hall–Kier alpha value is -1.10. The van der Waals surface area contributed by atoms with Crippen molar-refractivity contribution in [2.75, 3.05) is 19.6 Å². The normalized spacial score (nSPS) is 25.6. The first-order valence-corrected chi connectivity index (χ1v) is 6.39. The Morgan fingerprint density at radius 1 is 1.29 bits per heavy atom. The number of hydrogen-bond acceptors (Lipinski definition) is 3. The Labute approximate surface area is 101 Å². The van der Waals surface area contributed by atoms with Gasteiger partial charge in [0.15, 0.2) is 0 Å². The summed E-state index contributed by atoms with van der Waals surface area (Å²) in [5.74, 6) is 0.0703. The molecular formula is C12H20N2O3. The van der Waals surface area contributed by atoms with Gasteiger partial charge in [-0.1, -0.05) is 6.92 Å². The van der Waals surface area contributed by atoms with Crippen LogP contribution in [0.2, 0.25) is 0 Å². The van der Waals surface area contributed by atoms with Crippen molar-refractivity contribution in [1.29, 1.82) is 0 Å². The van der Waals surface area contributed by atoms with Gasteiger partial charge in [-0.3, -0.25) is 9.59 Å². The van der Waals surface area contributed by atoms with Gasteiger partial charge in [0.1, 0.15) is 6.04 Å². The van der Waals surface area contributed by atoms with E-state index in [4.69, 9.17) is 0 Å². The number of aliphatic hydroxyl groups excluding tert-OH is 1. The van der Waals surface area contributed by atoms with Crippen LogP contribution >= 0.6 is 0 Å².